The van der Waals surface area contributed by atoms with E-state index >= 15 is 0 Å². The molecule has 2 aliphatic rings. The van der Waals surface area contributed by atoms with Crippen LogP contribution in [0.3, 0.4) is 0 Å². The van der Waals surface area contributed by atoms with E-state index in [9.17, 15) is 9.59 Å². The number of nitrogens with one attached hydrogen (secondary N) is 2. The fourth-order valence-corrected chi connectivity index (χ4v) is 4.99. The van der Waals surface area contributed by atoms with Crippen molar-refractivity contribution in [1.29, 1.82) is 0 Å². The minimum Gasteiger partial charge on any atom is -0.348 e. The lowest BCUT2D eigenvalue weighted by Crippen LogP contribution is -2.46. The van der Waals surface area contributed by atoms with Crippen molar-refractivity contribution >= 4 is 23.6 Å². The van der Waals surface area contributed by atoms with Gasteiger partial charge in [0.15, 0.2) is 0 Å². The van der Waals surface area contributed by atoms with Crippen molar-refractivity contribution in [1.82, 2.24) is 15.5 Å². The van der Waals surface area contributed by atoms with Crippen LogP contribution in [-0.4, -0.2) is 53.9 Å². The van der Waals surface area contributed by atoms with Gasteiger partial charge in [-0.05, 0) is 56.5 Å². The molecule has 2 atom stereocenters. The fraction of sp³-hybridized carbons (Fsp3) is 0.600. The Balaban J connectivity index is 1.36. The first-order chi connectivity index (χ1) is 12.6. The molecule has 0 unspecified atom stereocenters. The van der Waals surface area contributed by atoms with Crippen molar-refractivity contribution in [2.45, 2.75) is 38.3 Å². The summed E-state index contributed by atoms with van der Waals surface area (Å²) in [4.78, 5) is 26.8. The third-order valence-electron chi connectivity index (χ3n) is 5.48. The van der Waals surface area contributed by atoms with Crippen LogP contribution in [0.4, 0.5) is 0 Å². The van der Waals surface area contributed by atoms with Gasteiger partial charge in [-0.25, -0.2) is 0 Å². The molecule has 2 fully saturated rings. The van der Waals surface area contributed by atoms with E-state index in [2.05, 4.69) is 27.3 Å². The molecule has 0 aromatic heterocycles. The highest BCUT2D eigenvalue weighted by molar-refractivity contribution is 7.99. The second-order valence-electron chi connectivity index (χ2n) is 7.31. The van der Waals surface area contributed by atoms with Gasteiger partial charge in [-0.1, -0.05) is 30.3 Å². The van der Waals surface area contributed by atoms with Crippen LogP contribution in [0.25, 0.3) is 0 Å². The van der Waals surface area contributed by atoms with Gasteiger partial charge in [0.2, 0.25) is 0 Å². The Labute approximate surface area is 160 Å². The largest absolute Gasteiger partial charge is 0.348 e. The Morgan fingerprint density at radius 2 is 1.88 bits per heavy atom. The molecule has 26 heavy (non-hydrogen) atoms. The number of nitrogens with zero attached hydrogens (tertiary/aromatic N) is 1. The van der Waals surface area contributed by atoms with Crippen LogP contribution in [-0.2, 0) is 9.59 Å². The fourth-order valence-electron chi connectivity index (χ4n) is 3.74. The van der Waals surface area contributed by atoms with Gasteiger partial charge in [0.05, 0.1) is 6.04 Å². The zero-order chi connectivity index (χ0) is 18.4. The van der Waals surface area contributed by atoms with Crippen LogP contribution in [0.15, 0.2) is 30.3 Å². The third-order valence-corrected chi connectivity index (χ3v) is 6.62. The average Bonchev–Trinajstić information content (AvgIpc) is 3.22. The number of piperidine rings is 1. The monoisotopic (exact) mass is 375 g/mol. The SMILES string of the molecule is C[C@H](NC(=O)C(=O)NCC1CCN([C@@H]2CCSC2)CC1)c1ccccc1. The summed E-state index contributed by atoms with van der Waals surface area (Å²) in [6.45, 7) is 4.71. The maximum Gasteiger partial charge on any atom is 0.309 e. The molecule has 0 radical (unpaired) electrons. The molecule has 1 aromatic rings. The standard InChI is InChI=1S/C20H29N3O2S/c1-15(17-5-3-2-4-6-17)22-20(25)19(24)21-13-16-7-10-23(11-8-16)18-9-12-26-14-18/h2-6,15-16,18H,7-14H2,1H3,(H,21,24)(H,22,25)/t15-,18+/m0/s1. The van der Waals surface area contributed by atoms with Crippen molar-refractivity contribution in [2.24, 2.45) is 5.92 Å². The van der Waals surface area contributed by atoms with Gasteiger partial charge in [0.1, 0.15) is 0 Å². The van der Waals surface area contributed by atoms with Crippen LogP contribution < -0.4 is 10.6 Å². The van der Waals surface area contributed by atoms with Gasteiger partial charge in [-0.2, -0.15) is 11.8 Å². The molecule has 2 aliphatic heterocycles. The number of amides is 2. The van der Waals surface area contributed by atoms with Crippen molar-refractivity contribution in [3.05, 3.63) is 35.9 Å². The second-order valence-corrected chi connectivity index (χ2v) is 8.46. The maximum atomic E-state index is 12.1. The normalized spacial score (nSPS) is 22.7. The topological polar surface area (TPSA) is 61.4 Å². The summed E-state index contributed by atoms with van der Waals surface area (Å²) >= 11 is 2.05. The van der Waals surface area contributed by atoms with Gasteiger partial charge in [0.25, 0.3) is 0 Å². The van der Waals surface area contributed by atoms with Crippen LogP contribution in [0.5, 0.6) is 0 Å². The molecular formula is C20H29N3O2S. The van der Waals surface area contributed by atoms with Crippen LogP contribution in [0.1, 0.15) is 37.8 Å². The average molecular weight is 376 g/mol. The lowest BCUT2D eigenvalue weighted by atomic mass is 9.95. The molecule has 1 aromatic carbocycles. The smallest absolute Gasteiger partial charge is 0.309 e. The quantitative estimate of drug-likeness (QED) is 0.775. The third kappa shape index (κ3) is 5.24. The molecule has 5 nitrogen and oxygen atoms in total. The van der Waals surface area contributed by atoms with Crippen LogP contribution in [0.2, 0.25) is 0 Å². The van der Waals surface area contributed by atoms with E-state index in [0.717, 1.165) is 37.5 Å². The predicted molar refractivity (Wildman–Crippen MR) is 106 cm³/mol. The number of carbonyl (C=O) groups is 2. The number of rotatable bonds is 5. The minimum atomic E-state index is -0.554. The Hall–Kier alpha value is -1.53. The number of hydrogen-bond acceptors (Lipinski definition) is 4. The minimum absolute atomic E-state index is 0.179. The molecule has 6 heteroatoms. The predicted octanol–water partition coefficient (Wildman–Crippen LogP) is 2.20. The summed E-state index contributed by atoms with van der Waals surface area (Å²) in [5, 5.41) is 5.59. The van der Waals surface area contributed by atoms with E-state index in [4.69, 9.17) is 0 Å². The number of hydrogen-bond donors (Lipinski definition) is 2. The zero-order valence-corrected chi connectivity index (χ0v) is 16.3. The maximum absolute atomic E-state index is 12.1. The Kier molecular flexibility index (Phi) is 6.97. The molecule has 2 amide bonds. The molecule has 2 saturated heterocycles. The summed E-state index contributed by atoms with van der Waals surface area (Å²) < 4.78 is 0. The summed E-state index contributed by atoms with van der Waals surface area (Å²) in [6, 6.07) is 10.2. The Morgan fingerprint density at radius 3 is 2.54 bits per heavy atom. The van der Waals surface area contributed by atoms with Crippen molar-refractivity contribution in [3.63, 3.8) is 0 Å². The van der Waals surface area contributed by atoms with Gasteiger partial charge >= 0.3 is 11.8 Å². The summed E-state index contributed by atoms with van der Waals surface area (Å²) in [6.07, 6.45) is 3.51. The van der Waals surface area contributed by atoms with Crippen LogP contribution >= 0.6 is 11.8 Å². The molecule has 3 rings (SSSR count). The summed E-state index contributed by atoms with van der Waals surface area (Å²) in [7, 11) is 0. The lowest BCUT2D eigenvalue weighted by molar-refractivity contribution is -0.139. The van der Waals surface area contributed by atoms with Crippen LogP contribution in [0, 0.1) is 5.92 Å². The van der Waals surface area contributed by atoms with Gasteiger partial charge < -0.3 is 10.6 Å². The summed E-state index contributed by atoms with van der Waals surface area (Å²) in [5.74, 6) is 1.95. The van der Waals surface area contributed by atoms with E-state index in [1.165, 1.54) is 17.9 Å². The molecular weight excluding hydrogens is 346 g/mol. The second kappa shape index (κ2) is 9.42. The lowest BCUT2D eigenvalue weighted by Gasteiger charge is -2.35. The van der Waals surface area contributed by atoms with Gasteiger partial charge in [0, 0.05) is 18.3 Å². The van der Waals surface area contributed by atoms with E-state index in [-0.39, 0.29) is 6.04 Å². The van der Waals surface area contributed by atoms with Gasteiger partial charge in [-0.15, -0.1) is 0 Å². The number of carbonyl (C=O) groups excluding carboxylic acids is 2. The molecule has 2 N–H and O–H groups in total. The first kappa shape index (κ1) is 19.2. The van der Waals surface area contributed by atoms with E-state index in [0.29, 0.717) is 12.5 Å². The molecule has 142 valence electrons. The van der Waals surface area contributed by atoms with Crippen molar-refractivity contribution in [3.8, 4) is 0 Å². The van der Waals surface area contributed by atoms with Gasteiger partial charge in [-0.3, -0.25) is 14.5 Å². The van der Waals surface area contributed by atoms with E-state index in [1.807, 2.05) is 37.3 Å². The van der Waals surface area contributed by atoms with Crippen molar-refractivity contribution < 1.29 is 9.59 Å². The highest BCUT2D eigenvalue weighted by Gasteiger charge is 2.28. The molecule has 0 aliphatic carbocycles. The molecule has 0 bridgehead atoms. The first-order valence-corrected chi connectivity index (χ1v) is 10.7. The summed E-state index contributed by atoms with van der Waals surface area (Å²) in [5.41, 5.74) is 0.992. The number of benzene rings is 1. The highest BCUT2D eigenvalue weighted by atomic mass is 32.2. The number of likely N-dealkylation sites (tertiary alicyclic amines) is 1. The molecule has 0 spiro atoms. The molecule has 2 heterocycles. The zero-order valence-electron chi connectivity index (χ0n) is 15.4. The molecule has 0 saturated carbocycles. The Bertz CT molecular complexity index is 596. The number of thioether (sulfide) groups is 1. The van der Waals surface area contributed by atoms with E-state index < -0.39 is 11.8 Å². The Morgan fingerprint density at radius 1 is 1.15 bits per heavy atom. The van der Waals surface area contributed by atoms with E-state index in [1.54, 1.807) is 0 Å². The first-order valence-electron chi connectivity index (χ1n) is 9.59. The highest BCUT2D eigenvalue weighted by Crippen LogP contribution is 2.26. The van der Waals surface area contributed by atoms with Crippen molar-refractivity contribution in [2.75, 3.05) is 31.1 Å².